The topological polar surface area (TPSA) is 12.9 Å². The minimum absolute atomic E-state index is 0.0909. The molecule has 0 aliphatic rings. The van der Waals surface area contributed by atoms with Gasteiger partial charge in [0, 0.05) is 6.07 Å². The highest BCUT2D eigenvalue weighted by molar-refractivity contribution is 14.1. The van der Waals surface area contributed by atoms with Gasteiger partial charge < -0.3 is 0 Å². The second-order valence-electron chi connectivity index (χ2n) is 2.49. The van der Waals surface area contributed by atoms with Gasteiger partial charge in [0.1, 0.15) is 5.69 Å². The SMILES string of the molecule is Fc1cc(C(F)(F)F)c(I)c(C(F)F)n1. The van der Waals surface area contributed by atoms with Gasteiger partial charge >= 0.3 is 6.18 Å². The van der Waals surface area contributed by atoms with Crippen molar-refractivity contribution in [3.8, 4) is 0 Å². The van der Waals surface area contributed by atoms with Gasteiger partial charge in [0.25, 0.3) is 6.43 Å². The first kappa shape index (κ1) is 12.5. The average molecular weight is 341 g/mol. The van der Waals surface area contributed by atoms with Crippen molar-refractivity contribution in [2.75, 3.05) is 0 Å². The molecule has 0 atom stereocenters. The highest BCUT2D eigenvalue weighted by atomic mass is 127. The van der Waals surface area contributed by atoms with Gasteiger partial charge in [0.15, 0.2) is 0 Å². The Morgan fingerprint density at radius 3 is 2.20 bits per heavy atom. The Balaban J connectivity index is 3.42. The van der Waals surface area contributed by atoms with Crippen LogP contribution in [0, 0.1) is 9.52 Å². The summed E-state index contributed by atoms with van der Waals surface area (Å²) in [6.45, 7) is 0. The Labute approximate surface area is 93.6 Å². The fourth-order valence-electron chi connectivity index (χ4n) is 0.868. The second-order valence-corrected chi connectivity index (χ2v) is 3.57. The van der Waals surface area contributed by atoms with Crippen molar-refractivity contribution >= 4 is 22.6 Å². The number of halogens is 7. The van der Waals surface area contributed by atoms with Gasteiger partial charge in [-0.05, 0) is 22.6 Å². The highest BCUT2D eigenvalue weighted by Crippen LogP contribution is 2.36. The largest absolute Gasteiger partial charge is 0.417 e. The monoisotopic (exact) mass is 341 g/mol. The van der Waals surface area contributed by atoms with Crippen molar-refractivity contribution < 1.29 is 26.3 Å². The predicted molar refractivity (Wildman–Crippen MR) is 46.9 cm³/mol. The average Bonchev–Trinajstić information content (AvgIpc) is 2.06. The van der Waals surface area contributed by atoms with Crippen LogP contribution in [0.5, 0.6) is 0 Å². The molecule has 0 spiro atoms. The lowest BCUT2D eigenvalue weighted by Gasteiger charge is -2.11. The molecule has 0 aliphatic heterocycles. The second kappa shape index (κ2) is 4.14. The Morgan fingerprint density at radius 1 is 1.27 bits per heavy atom. The summed E-state index contributed by atoms with van der Waals surface area (Å²) in [5, 5.41) is 0. The maximum absolute atomic E-state index is 12.6. The highest BCUT2D eigenvalue weighted by Gasteiger charge is 2.36. The normalized spacial score (nSPS) is 12.3. The molecule has 0 amide bonds. The third kappa shape index (κ3) is 2.73. The first-order chi connectivity index (χ1) is 6.73. The number of alkyl halides is 5. The van der Waals surface area contributed by atoms with Crippen LogP contribution in [0.2, 0.25) is 0 Å². The summed E-state index contributed by atoms with van der Waals surface area (Å²) in [5.41, 5.74) is -2.63. The first-order valence-corrected chi connectivity index (χ1v) is 4.52. The van der Waals surface area contributed by atoms with Gasteiger partial charge in [-0.25, -0.2) is 13.8 Å². The Hall–Kier alpha value is -0.540. The Kier molecular flexibility index (Phi) is 3.46. The molecule has 0 bridgehead atoms. The standard InChI is InChI=1S/C7H2F6IN/c8-3-1-2(7(11,12)13)4(14)5(15-3)6(9)10/h1,6H. The first-order valence-electron chi connectivity index (χ1n) is 3.44. The molecular formula is C7H2F6IN. The summed E-state index contributed by atoms with van der Waals surface area (Å²) in [4.78, 5) is 2.72. The molecule has 8 heteroatoms. The molecule has 15 heavy (non-hydrogen) atoms. The third-order valence-corrected chi connectivity index (χ3v) is 2.60. The molecule has 0 radical (unpaired) electrons. The van der Waals surface area contributed by atoms with Crippen LogP contribution >= 0.6 is 22.6 Å². The quantitative estimate of drug-likeness (QED) is 0.430. The van der Waals surface area contributed by atoms with Gasteiger partial charge in [-0.1, -0.05) is 0 Å². The molecule has 1 nitrogen and oxygen atoms in total. The lowest BCUT2D eigenvalue weighted by atomic mass is 10.2. The van der Waals surface area contributed by atoms with E-state index in [1.807, 2.05) is 0 Å². The number of aromatic nitrogens is 1. The van der Waals surface area contributed by atoms with Crippen molar-refractivity contribution in [2.45, 2.75) is 12.6 Å². The molecule has 1 heterocycles. The zero-order valence-electron chi connectivity index (χ0n) is 6.75. The van der Waals surface area contributed by atoms with E-state index >= 15 is 0 Å². The molecule has 0 unspecified atom stereocenters. The zero-order valence-corrected chi connectivity index (χ0v) is 8.91. The predicted octanol–water partition coefficient (Wildman–Crippen LogP) is 3.78. The maximum Gasteiger partial charge on any atom is 0.417 e. The van der Waals surface area contributed by atoms with E-state index in [0.29, 0.717) is 0 Å². The maximum atomic E-state index is 12.6. The van der Waals surface area contributed by atoms with E-state index in [4.69, 9.17) is 0 Å². The van der Waals surface area contributed by atoms with Gasteiger partial charge in [-0.15, -0.1) is 0 Å². The smallest absolute Gasteiger partial charge is 0.218 e. The molecule has 84 valence electrons. The minimum Gasteiger partial charge on any atom is -0.218 e. The lowest BCUT2D eigenvalue weighted by molar-refractivity contribution is -0.138. The van der Waals surface area contributed by atoms with Gasteiger partial charge in [0.2, 0.25) is 5.95 Å². The van der Waals surface area contributed by atoms with E-state index in [1.165, 1.54) is 0 Å². The van der Waals surface area contributed by atoms with Crippen molar-refractivity contribution in [3.05, 3.63) is 26.8 Å². The molecule has 1 aromatic heterocycles. The molecule has 0 aromatic carbocycles. The number of pyridine rings is 1. The van der Waals surface area contributed by atoms with Crippen LogP contribution in [0.3, 0.4) is 0 Å². The van der Waals surface area contributed by atoms with Gasteiger partial charge in [0.05, 0.1) is 9.13 Å². The van der Waals surface area contributed by atoms with E-state index in [9.17, 15) is 26.3 Å². The van der Waals surface area contributed by atoms with E-state index in [2.05, 4.69) is 4.98 Å². The molecular weight excluding hydrogens is 339 g/mol. The van der Waals surface area contributed by atoms with Crippen LogP contribution in [0.1, 0.15) is 17.7 Å². The molecule has 1 aromatic rings. The molecule has 1 rings (SSSR count). The van der Waals surface area contributed by atoms with Crippen LogP contribution < -0.4 is 0 Å². The van der Waals surface area contributed by atoms with Crippen molar-refractivity contribution in [3.63, 3.8) is 0 Å². The fourth-order valence-corrected chi connectivity index (χ4v) is 1.69. The van der Waals surface area contributed by atoms with Crippen molar-refractivity contribution in [2.24, 2.45) is 0 Å². The number of hydrogen-bond acceptors (Lipinski definition) is 1. The van der Waals surface area contributed by atoms with Gasteiger partial charge in [-0.2, -0.15) is 17.6 Å². The number of hydrogen-bond donors (Lipinski definition) is 0. The van der Waals surface area contributed by atoms with E-state index < -0.39 is 33.4 Å². The van der Waals surface area contributed by atoms with Gasteiger partial charge in [-0.3, -0.25) is 0 Å². The van der Waals surface area contributed by atoms with Crippen LogP contribution in [-0.4, -0.2) is 4.98 Å². The van der Waals surface area contributed by atoms with Crippen LogP contribution in [0.15, 0.2) is 6.07 Å². The summed E-state index contributed by atoms with van der Waals surface area (Å²) >= 11 is 1.07. The van der Waals surface area contributed by atoms with E-state index in [0.717, 1.165) is 22.6 Å². The third-order valence-electron chi connectivity index (χ3n) is 1.46. The lowest BCUT2D eigenvalue weighted by Crippen LogP contribution is -2.12. The zero-order chi connectivity index (χ0) is 11.8. The van der Waals surface area contributed by atoms with Crippen molar-refractivity contribution in [1.29, 1.82) is 0 Å². The number of nitrogens with zero attached hydrogens (tertiary/aromatic N) is 1. The van der Waals surface area contributed by atoms with Crippen molar-refractivity contribution in [1.82, 2.24) is 4.98 Å². The Bertz CT molecular complexity index is 374. The Morgan fingerprint density at radius 2 is 1.80 bits per heavy atom. The summed E-state index contributed by atoms with van der Waals surface area (Å²) in [6.07, 6.45) is -8.11. The van der Waals surface area contributed by atoms with E-state index in [-0.39, 0.29) is 6.07 Å². The van der Waals surface area contributed by atoms with Crippen LogP contribution in [0.4, 0.5) is 26.3 Å². The summed E-state index contributed by atoms with van der Waals surface area (Å²) in [5.74, 6) is -1.57. The molecule has 0 saturated heterocycles. The molecule has 0 saturated carbocycles. The summed E-state index contributed by atoms with van der Waals surface area (Å²) in [6, 6.07) is 0.0909. The summed E-state index contributed by atoms with van der Waals surface area (Å²) in [7, 11) is 0. The molecule has 0 aliphatic carbocycles. The summed E-state index contributed by atoms with van der Waals surface area (Å²) < 4.78 is 72.8. The molecule has 0 N–H and O–H groups in total. The fraction of sp³-hybridized carbons (Fsp3) is 0.286. The number of rotatable bonds is 1. The van der Waals surface area contributed by atoms with Crippen LogP contribution in [-0.2, 0) is 6.18 Å². The minimum atomic E-state index is -4.87. The van der Waals surface area contributed by atoms with E-state index in [1.54, 1.807) is 0 Å². The van der Waals surface area contributed by atoms with Crippen LogP contribution in [0.25, 0.3) is 0 Å². The molecule has 0 fully saturated rings.